The van der Waals surface area contributed by atoms with Crippen molar-refractivity contribution < 1.29 is 33.0 Å². The predicted molar refractivity (Wildman–Crippen MR) is 221 cm³/mol. The highest BCUT2D eigenvalue weighted by Crippen LogP contribution is 2.29. The van der Waals surface area contributed by atoms with Gasteiger partial charge < -0.3 is 25.3 Å². The SMILES string of the molecule is CC[C@H](C)[C@@H](C(=O)N[C@@H](Cc1ccccc1)[C@H](O)CN(CC1CCCC1)S(=O)(=O)c1ccc(CN=O)cc1)N1CCN(Cc2csc(CN(C(=O)O)C(C)C)n2)C1=O. The average Bonchev–Trinajstić information content (AvgIpc) is 3.97. The zero-order valence-corrected chi connectivity index (χ0v) is 35.4. The van der Waals surface area contributed by atoms with Gasteiger partial charge in [0.05, 0.1) is 35.8 Å². The molecule has 2 heterocycles. The second-order valence-electron chi connectivity index (χ2n) is 15.7. The van der Waals surface area contributed by atoms with Crippen LogP contribution < -0.4 is 5.32 Å². The second kappa shape index (κ2) is 20.5. The summed E-state index contributed by atoms with van der Waals surface area (Å²) in [6.45, 7) is 8.30. The number of benzene rings is 2. The zero-order valence-electron chi connectivity index (χ0n) is 33.8. The van der Waals surface area contributed by atoms with Crippen molar-refractivity contribution >= 4 is 39.4 Å². The number of nitroso groups, excluding NO2 is 1. The number of thiazole rings is 1. The number of nitrogens with one attached hydrogen (secondary N) is 1. The van der Waals surface area contributed by atoms with E-state index in [1.54, 1.807) is 35.8 Å². The van der Waals surface area contributed by atoms with E-state index >= 15 is 0 Å². The molecule has 2 aromatic carbocycles. The van der Waals surface area contributed by atoms with Crippen LogP contribution in [0.4, 0.5) is 9.59 Å². The maximum atomic E-state index is 14.5. The molecule has 3 aromatic rings. The third kappa shape index (κ3) is 11.4. The van der Waals surface area contributed by atoms with Gasteiger partial charge in [0.2, 0.25) is 15.9 Å². The largest absolute Gasteiger partial charge is 0.465 e. The lowest BCUT2D eigenvalue weighted by Crippen LogP contribution is -2.57. The lowest BCUT2D eigenvalue weighted by Gasteiger charge is -2.35. The van der Waals surface area contributed by atoms with Gasteiger partial charge in [-0.1, -0.05) is 80.8 Å². The number of carbonyl (C=O) groups excluding carboxylic acids is 2. The minimum absolute atomic E-state index is 0.0385. The summed E-state index contributed by atoms with van der Waals surface area (Å²) >= 11 is 1.33. The Morgan fingerprint density at radius 2 is 1.72 bits per heavy atom. The molecule has 0 unspecified atom stereocenters. The highest BCUT2D eigenvalue weighted by atomic mass is 32.2. The third-order valence-electron chi connectivity index (χ3n) is 11.3. The Bertz CT molecular complexity index is 1940. The summed E-state index contributed by atoms with van der Waals surface area (Å²) < 4.78 is 29.7. The maximum absolute atomic E-state index is 14.5. The number of sulfonamides is 1. The molecule has 4 amide bonds. The van der Waals surface area contributed by atoms with Crippen molar-refractivity contribution in [3.05, 3.63) is 86.7 Å². The van der Waals surface area contributed by atoms with Gasteiger partial charge in [-0.05, 0) is 68.2 Å². The second-order valence-corrected chi connectivity index (χ2v) is 18.6. The summed E-state index contributed by atoms with van der Waals surface area (Å²) in [6, 6.07) is 13.1. The minimum atomic E-state index is -4.09. The molecule has 0 radical (unpaired) electrons. The first-order valence-corrected chi connectivity index (χ1v) is 22.4. The molecule has 5 rings (SSSR count). The first-order chi connectivity index (χ1) is 27.7. The summed E-state index contributed by atoms with van der Waals surface area (Å²) in [7, 11) is -4.09. The van der Waals surface area contributed by atoms with Crippen LogP contribution in [0.25, 0.3) is 0 Å². The molecular weight excluding hydrogens is 783 g/mol. The van der Waals surface area contributed by atoms with E-state index in [0.29, 0.717) is 35.8 Å². The van der Waals surface area contributed by atoms with Gasteiger partial charge in [-0.3, -0.25) is 9.69 Å². The van der Waals surface area contributed by atoms with Crippen LogP contribution in [0.5, 0.6) is 0 Å². The van der Waals surface area contributed by atoms with E-state index in [1.807, 2.05) is 49.6 Å². The summed E-state index contributed by atoms with van der Waals surface area (Å²) in [5, 5.41) is 30.0. The molecule has 0 bridgehead atoms. The van der Waals surface area contributed by atoms with Crippen LogP contribution in [0.1, 0.15) is 81.6 Å². The molecule has 2 fully saturated rings. The van der Waals surface area contributed by atoms with E-state index in [4.69, 9.17) is 0 Å². The number of urea groups is 1. The molecule has 2 aliphatic rings. The molecule has 0 spiro atoms. The number of rotatable bonds is 21. The van der Waals surface area contributed by atoms with Gasteiger partial charge in [-0.25, -0.2) is 23.0 Å². The molecule has 4 atom stereocenters. The van der Waals surface area contributed by atoms with Crippen molar-refractivity contribution in [1.29, 1.82) is 0 Å². The van der Waals surface area contributed by atoms with E-state index in [2.05, 4.69) is 15.5 Å². The normalized spacial score (nSPS) is 17.1. The summed E-state index contributed by atoms with van der Waals surface area (Å²) in [4.78, 5) is 60.1. The van der Waals surface area contributed by atoms with Crippen LogP contribution in [-0.2, 0) is 40.9 Å². The molecule has 316 valence electrons. The maximum Gasteiger partial charge on any atom is 0.407 e. The van der Waals surface area contributed by atoms with Gasteiger partial charge in [0.1, 0.15) is 17.6 Å². The Morgan fingerprint density at radius 3 is 2.34 bits per heavy atom. The zero-order chi connectivity index (χ0) is 42.0. The lowest BCUT2D eigenvalue weighted by molar-refractivity contribution is -0.128. The molecule has 17 heteroatoms. The van der Waals surface area contributed by atoms with Gasteiger partial charge in [0.15, 0.2) is 0 Å². The lowest BCUT2D eigenvalue weighted by atomic mass is 9.95. The topological polar surface area (TPSA) is 193 Å². The van der Waals surface area contributed by atoms with Crippen LogP contribution in [0, 0.1) is 16.7 Å². The average molecular weight is 840 g/mol. The predicted octanol–water partition coefficient (Wildman–Crippen LogP) is 5.92. The van der Waals surface area contributed by atoms with E-state index in [0.717, 1.165) is 31.2 Å². The molecule has 1 aliphatic heterocycles. The van der Waals surface area contributed by atoms with Gasteiger partial charge in [0, 0.05) is 37.6 Å². The number of nitrogens with zero attached hydrogens (tertiary/aromatic N) is 6. The van der Waals surface area contributed by atoms with Crippen molar-refractivity contribution in [1.82, 2.24) is 29.3 Å². The van der Waals surface area contributed by atoms with Crippen LogP contribution in [0.15, 0.2) is 70.0 Å². The minimum Gasteiger partial charge on any atom is -0.465 e. The standard InChI is InChI=1S/C41H57N7O8S2/c1-5-29(4)38(47-20-19-45(40(47)51)24-33-27-57-37(43-33)26-48(28(2)3)41(52)53)39(50)44-35(21-30-11-7-6-8-12-30)36(49)25-46(23-32-13-9-10-14-32)58(55,56)34-17-15-31(16-18-34)22-42-54/h6-8,11-12,15-18,27-29,32,35-36,38,49H,5,9-10,13-14,19-26H2,1-4H3,(H,44,50)(H,52,53)/t29-,35-,36+,38-/m0/s1. The van der Waals surface area contributed by atoms with Crippen LogP contribution in [-0.4, -0.2) is 111 Å². The van der Waals surface area contributed by atoms with E-state index < -0.39 is 40.2 Å². The monoisotopic (exact) mass is 839 g/mol. The van der Waals surface area contributed by atoms with Crippen LogP contribution in [0.3, 0.4) is 0 Å². The molecule has 15 nitrogen and oxygen atoms in total. The highest BCUT2D eigenvalue weighted by Gasteiger charge is 2.41. The van der Waals surface area contributed by atoms with Crippen LogP contribution in [0.2, 0.25) is 0 Å². The fourth-order valence-corrected chi connectivity index (χ4v) is 10.1. The molecular formula is C41H57N7O8S2. The first-order valence-electron chi connectivity index (χ1n) is 20.1. The molecule has 3 N–H and O–H groups in total. The molecule has 1 saturated carbocycles. The van der Waals surface area contributed by atoms with E-state index in [-0.39, 0.29) is 67.9 Å². The Morgan fingerprint density at radius 1 is 1.03 bits per heavy atom. The van der Waals surface area contributed by atoms with Crippen molar-refractivity contribution in [2.24, 2.45) is 17.0 Å². The Hall–Kier alpha value is -4.45. The number of carboxylic acid groups (broad SMARTS) is 1. The van der Waals surface area contributed by atoms with Gasteiger partial charge in [-0.2, -0.15) is 9.21 Å². The quantitative estimate of drug-likeness (QED) is 0.109. The number of hydrogen-bond donors (Lipinski definition) is 3. The number of aromatic nitrogens is 1. The number of amides is 4. The fourth-order valence-electron chi connectivity index (χ4n) is 7.74. The van der Waals surface area contributed by atoms with E-state index in [1.165, 1.54) is 32.7 Å². The Balaban J connectivity index is 1.35. The van der Waals surface area contributed by atoms with Crippen molar-refractivity contribution in [2.75, 3.05) is 26.2 Å². The summed E-state index contributed by atoms with van der Waals surface area (Å²) in [5.41, 5.74) is 2.05. The summed E-state index contributed by atoms with van der Waals surface area (Å²) in [5.74, 6) is -0.566. The van der Waals surface area contributed by atoms with E-state index in [9.17, 15) is 37.9 Å². The molecule has 1 saturated heterocycles. The Kier molecular flexibility index (Phi) is 15.8. The number of aliphatic hydroxyl groups excluding tert-OH is 1. The highest BCUT2D eigenvalue weighted by molar-refractivity contribution is 7.89. The Labute approximate surface area is 345 Å². The third-order valence-corrected chi connectivity index (χ3v) is 14.0. The van der Waals surface area contributed by atoms with Crippen molar-refractivity contribution in [3.63, 3.8) is 0 Å². The molecule has 1 aromatic heterocycles. The summed E-state index contributed by atoms with van der Waals surface area (Å²) in [6.07, 6.45) is 2.21. The van der Waals surface area contributed by atoms with Gasteiger partial charge >= 0.3 is 12.1 Å². The van der Waals surface area contributed by atoms with Crippen LogP contribution >= 0.6 is 11.3 Å². The number of carbonyl (C=O) groups is 3. The fraction of sp³-hybridized carbons (Fsp3) is 0.561. The molecule has 1 aliphatic carbocycles. The van der Waals surface area contributed by atoms with Gasteiger partial charge in [-0.15, -0.1) is 11.3 Å². The smallest absolute Gasteiger partial charge is 0.407 e. The van der Waals surface area contributed by atoms with Crippen molar-refractivity contribution in [3.8, 4) is 0 Å². The number of aliphatic hydroxyl groups is 1. The first kappa shape index (κ1) is 44.6. The van der Waals surface area contributed by atoms with Crippen molar-refractivity contribution in [2.45, 2.75) is 115 Å². The van der Waals surface area contributed by atoms with Gasteiger partial charge in [0.25, 0.3) is 0 Å². The molecule has 58 heavy (non-hydrogen) atoms. The number of hydrogen-bond acceptors (Lipinski definition) is 10.